The molecule has 0 aromatic carbocycles. The quantitative estimate of drug-likeness (QED) is 0.814. The third-order valence-corrected chi connectivity index (χ3v) is 2.90. The summed E-state index contributed by atoms with van der Waals surface area (Å²) in [6.07, 6.45) is 7.91. The Hall–Kier alpha value is -2.37. The summed E-state index contributed by atoms with van der Waals surface area (Å²) in [6, 6.07) is 3.53. The molecular formula is C14H18N4O2. The highest BCUT2D eigenvalue weighted by Gasteiger charge is 2.16. The van der Waals surface area contributed by atoms with Gasteiger partial charge in [0, 0.05) is 6.08 Å². The van der Waals surface area contributed by atoms with E-state index in [1.807, 2.05) is 13.8 Å². The van der Waals surface area contributed by atoms with Gasteiger partial charge in [-0.05, 0) is 24.1 Å². The molecule has 1 atom stereocenters. The fourth-order valence-corrected chi connectivity index (χ4v) is 1.71. The van der Waals surface area contributed by atoms with Gasteiger partial charge in [0.25, 0.3) is 0 Å². The van der Waals surface area contributed by atoms with E-state index in [-0.39, 0.29) is 17.9 Å². The molecule has 0 saturated heterocycles. The van der Waals surface area contributed by atoms with Crippen LogP contribution in [0.2, 0.25) is 0 Å². The van der Waals surface area contributed by atoms with Gasteiger partial charge in [-0.1, -0.05) is 13.8 Å². The molecule has 6 heteroatoms. The van der Waals surface area contributed by atoms with Crippen LogP contribution in [0.3, 0.4) is 0 Å². The van der Waals surface area contributed by atoms with Gasteiger partial charge in [0.1, 0.15) is 5.76 Å². The molecule has 0 fully saturated rings. The number of carbonyl (C=O) groups excluding carboxylic acids is 1. The van der Waals surface area contributed by atoms with Gasteiger partial charge in [0.05, 0.1) is 31.2 Å². The third-order valence-electron chi connectivity index (χ3n) is 2.90. The molecule has 2 aromatic rings. The van der Waals surface area contributed by atoms with Gasteiger partial charge >= 0.3 is 0 Å². The highest BCUT2D eigenvalue weighted by atomic mass is 16.3. The average molecular weight is 274 g/mol. The van der Waals surface area contributed by atoms with Crippen LogP contribution in [0.4, 0.5) is 0 Å². The maximum atomic E-state index is 11.9. The van der Waals surface area contributed by atoms with E-state index in [4.69, 9.17) is 4.42 Å². The Morgan fingerprint density at radius 3 is 2.80 bits per heavy atom. The van der Waals surface area contributed by atoms with Crippen molar-refractivity contribution in [1.82, 2.24) is 20.3 Å². The Kier molecular flexibility index (Phi) is 4.70. The van der Waals surface area contributed by atoms with Crippen LogP contribution in [0, 0.1) is 5.92 Å². The van der Waals surface area contributed by atoms with E-state index in [1.165, 1.54) is 6.08 Å². The standard InChI is InChI=1S/C14H18N4O2/c1-11(2)13(10-18-15-7-8-16-18)17-14(19)6-5-12-4-3-9-20-12/h3-9,11,13H,10H2,1-2H3,(H,17,19). The van der Waals surface area contributed by atoms with Crippen molar-refractivity contribution in [3.8, 4) is 0 Å². The molecule has 20 heavy (non-hydrogen) atoms. The largest absolute Gasteiger partial charge is 0.465 e. The van der Waals surface area contributed by atoms with Crippen molar-refractivity contribution in [2.45, 2.75) is 26.4 Å². The second-order valence-corrected chi connectivity index (χ2v) is 4.79. The Labute approximate surface area is 117 Å². The highest BCUT2D eigenvalue weighted by Crippen LogP contribution is 2.05. The number of aromatic nitrogens is 3. The Balaban J connectivity index is 1.92. The molecule has 2 rings (SSSR count). The second-order valence-electron chi connectivity index (χ2n) is 4.79. The zero-order valence-electron chi connectivity index (χ0n) is 11.6. The molecular weight excluding hydrogens is 256 g/mol. The molecule has 2 heterocycles. The van der Waals surface area contributed by atoms with Crippen LogP contribution in [-0.4, -0.2) is 26.9 Å². The maximum Gasteiger partial charge on any atom is 0.244 e. The van der Waals surface area contributed by atoms with Gasteiger partial charge in [-0.3, -0.25) is 4.79 Å². The summed E-state index contributed by atoms with van der Waals surface area (Å²) in [5.74, 6) is 0.768. The summed E-state index contributed by atoms with van der Waals surface area (Å²) in [4.78, 5) is 13.5. The second kappa shape index (κ2) is 6.70. The van der Waals surface area contributed by atoms with Crippen molar-refractivity contribution in [2.75, 3.05) is 0 Å². The molecule has 1 amide bonds. The predicted octanol–water partition coefficient (Wildman–Crippen LogP) is 1.73. The Morgan fingerprint density at radius 1 is 1.45 bits per heavy atom. The fourth-order valence-electron chi connectivity index (χ4n) is 1.71. The number of amides is 1. The summed E-state index contributed by atoms with van der Waals surface area (Å²) < 4.78 is 5.13. The topological polar surface area (TPSA) is 73.0 Å². The van der Waals surface area contributed by atoms with E-state index in [2.05, 4.69) is 15.5 Å². The van der Waals surface area contributed by atoms with Crippen LogP contribution in [0.25, 0.3) is 6.08 Å². The van der Waals surface area contributed by atoms with E-state index in [1.54, 1.807) is 41.7 Å². The zero-order chi connectivity index (χ0) is 14.4. The maximum absolute atomic E-state index is 11.9. The minimum atomic E-state index is -0.160. The van der Waals surface area contributed by atoms with Gasteiger partial charge in [-0.25, -0.2) is 0 Å². The average Bonchev–Trinajstić information content (AvgIpc) is 3.08. The minimum absolute atomic E-state index is 0.0313. The molecule has 106 valence electrons. The smallest absolute Gasteiger partial charge is 0.244 e. The molecule has 2 aromatic heterocycles. The number of carbonyl (C=O) groups is 1. The lowest BCUT2D eigenvalue weighted by Gasteiger charge is -2.20. The van der Waals surface area contributed by atoms with Crippen molar-refractivity contribution in [3.63, 3.8) is 0 Å². The lowest BCUT2D eigenvalue weighted by atomic mass is 10.0. The van der Waals surface area contributed by atoms with Crippen molar-refractivity contribution in [1.29, 1.82) is 0 Å². The summed E-state index contributed by atoms with van der Waals surface area (Å²) in [7, 11) is 0. The van der Waals surface area contributed by atoms with Crippen LogP contribution in [0.1, 0.15) is 19.6 Å². The highest BCUT2D eigenvalue weighted by molar-refractivity contribution is 5.91. The van der Waals surface area contributed by atoms with Gasteiger partial charge in [0.15, 0.2) is 0 Å². The summed E-state index contributed by atoms with van der Waals surface area (Å²) in [5.41, 5.74) is 0. The number of nitrogens with one attached hydrogen (secondary N) is 1. The first-order valence-corrected chi connectivity index (χ1v) is 6.51. The predicted molar refractivity (Wildman–Crippen MR) is 74.5 cm³/mol. The lowest BCUT2D eigenvalue weighted by Crippen LogP contribution is -2.41. The van der Waals surface area contributed by atoms with Crippen molar-refractivity contribution >= 4 is 12.0 Å². The van der Waals surface area contributed by atoms with Crippen LogP contribution in [0.5, 0.6) is 0 Å². The first-order valence-electron chi connectivity index (χ1n) is 6.51. The van der Waals surface area contributed by atoms with E-state index in [9.17, 15) is 4.79 Å². The fraction of sp³-hybridized carbons (Fsp3) is 0.357. The van der Waals surface area contributed by atoms with Crippen molar-refractivity contribution < 1.29 is 9.21 Å². The Morgan fingerprint density at radius 2 is 2.20 bits per heavy atom. The molecule has 1 N–H and O–H groups in total. The van der Waals surface area contributed by atoms with Crippen LogP contribution in [-0.2, 0) is 11.3 Å². The number of hydrogen-bond acceptors (Lipinski definition) is 4. The lowest BCUT2D eigenvalue weighted by molar-refractivity contribution is -0.117. The zero-order valence-corrected chi connectivity index (χ0v) is 11.6. The van der Waals surface area contributed by atoms with E-state index in [0.717, 1.165) is 0 Å². The molecule has 0 spiro atoms. The monoisotopic (exact) mass is 274 g/mol. The van der Waals surface area contributed by atoms with Crippen LogP contribution in [0.15, 0.2) is 41.3 Å². The SMILES string of the molecule is CC(C)C(Cn1nccn1)NC(=O)C=Cc1ccco1. The van der Waals surface area contributed by atoms with Crippen molar-refractivity contribution in [2.24, 2.45) is 5.92 Å². The van der Waals surface area contributed by atoms with E-state index in [0.29, 0.717) is 12.3 Å². The molecule has 0 bridgehead atoms. The number of furan rings is 1. The number of nitrogens with zero attached hydrogens (tertiary/aromatic N) is 3. The summed E-state index contributed by atoms with van der Waals surface area (Å²) in [6.45, 7) is 4.64. The molecule has 0 aliphatic rings. The molecule has 0 radical (unpaired) electrons. The van der Waals surface area contributed by atoms with E-state index >= 15 is 0 Å². The van der Waals surface area contributed by atoms with Gasteiger partial charge in [-0.2, -0.15) is 15.0 Å². The molecule has 6 nitrogen and oxygen atoms in total. The van der Waals surface area contributed by atoms with Crippen molar-refractivity contribution in [3.05, 3.63) is 42.6 Å². The Bertz CT molecular complexity index is 544. The molecule has 0 saturated carbocycles. The molecule has 0 aliphatic carbocycles. The molecule has 0 aliphatic heterocycles. The minimum Gasteiger partial charge on any atom is -0.465 e. The summed E-state index contributed by atoms with van der Waals surface area (Å²) >= 11 is 0. The van der Waals surface area contributed by atoms with E-state index < -0.39 is 0 Å². The van der Waals surface area contributed by atoms with Gasteiger partial charge in [0.2, 0.25) is 5.91 Å². The van der Waals surface area contributed by atoms with Crippen LogP contribution < -0.4 is 5.32 Å². The van der Waals surface area contributed by atoms with Gasteiger partial charge in [-0.15, -0.1) is 0 Å². The van der Waals surface area contributed by atoms with Gasteiger partial charge < -0.3 is 9.73 Å². The first kappa shape index (κ1) is 14.0. The number of hydrogen-bond donors (Lipinski definition) is 1. The third kappa shape index (κ3) is 4.08. The van der Waals surface area contributed by atoms with Crippen LogP contribution >= 0.6 is 0 Å². The first-order chi connectivity index (χ1) is 9.65. The summed E-state index contributed by atoms with van der Waals surface area (Å²) in [5, 5.41) is 11.1. The normalized spacial score (nSPS) is 12.9. The number of rotatable bonds is 6. The molecule has 1 unspecified atom stereocenters.